The number of benzene rings is 1. The third-order valence-electron chi connectivity index (χ3n) is 4.29. The number of aryl methyl sites for hydroxylation is 1. The van der Waals surface area contributed by atoms with Crippen molar-refractivity contribution < 1.29 is 8.42 Å². The molecule has 0 unspecified atom stereocenters. The lowest BCUT2D eigenvalue weighted by Gasteiger charge is -2.38. The van der Waals surface area contributed by atoms with Gasteiger partial charge in [0, 0.05) is 13.1 Å². The molecule has 3 N–H and O–H groups in total. The summed E-state index contributed by atoms with van der Waals surface area (Å²) in [4.78, 5) is 0.380. The monoisotopic (exact) mass is 296 g/mol. The number of nitrogens with two attached hydrogens (primary N) is 1. The minimum absolute atomic E-state index is 0.130. The molecule has 1 saturated carbocycles. The van der Waals surface area contributed by atoms with Crippen LogP contribution in [0.15, 0.2) is 23.1 Å². The predicted molar refractivity (Wildman–Crippen MR) is 80.9 cm³/mol. The lowest BCUT2D eigenvalue weighted by molar-refractivity contribution is 0.166. The Labute approximate surface area is 121 Å². The molecule has 1 aromatic carbocycles. The Kier molecular flexibility index (Phi) is 4.52. The van der Waals surface area contributed by atoms with Crippen molar-refractivity contribution in [1.29, 1.82) is 0 Å². The van der Waals surface area contributed by atoms with Gasteiger partial charge in [0.15, 0.2) is 0 Å². The van der Waals surface area contributed by atoms with Crippen molar-refractivity contribution >= 4 is 10.0 Å². The molecule has 0 aromatic heterocycles. The van der Waals surface area contributed by atoms with Gasteiger partial charge in [-0.1, -0.05) is 32.4 Å². The van der Waals surface area contributed by atoms with E-state index in [-0.39, 0.29) is 5.41 Å². The SMILES string of the molecule is CCc1ccc(CN)cc1S(=O)(=O)NCC1(C)CCC1. The van der Waals surface area contributed by atoms with E-state index in [4.69, 9.17) is 5.73 Å². The van der Waals surface area contributed by atoms with Gasteiger partial charge < -0.3 is 5.73 Å². The predicted octanol–water partition coefficient (Wildman–Crippen LogP) is 2.18. The van der Waals surface area contributed by atoms with E-state index in [1.54, 1.807) is 6.07 Å². The molecule has 0 aliphatic heterocycles. The second-order valence-corrected chi connectivity index (χ2v) is 7.72. The van der Waals surface area contributed by atoms with Gasteiger partial charge in [-0.05, 0) is 41.9 Å². The molecule has 1 fully saturated rings. The number of hydrogen-bond acceptors (Lipinski definition) is 3. The van der Waals surface area contributed by atoms with E-state index in [0.717, 1.165) is 24.0 Å². The number of hydrogen-bond donors (Lipinski definition) is 2. The fourth-order valence-electron chi connectivity index (χ4n) is 2.57. The topological polar surface area (TPSA) is 72.2 Å². The quantitative estimate of drug-likeness (QED) is 0.845. The third kappa shape index (κ3) is 3.22. The molecule has 0 heterocycles. The zero-order chi connectivity index (χ0) is 14.8. The van der Waals surface area contributed by atoms with Gasteiger partial charge in [0.25, 0.3) is 0 Å². The third-order valence-corrected chi connectivity index (χ3v) is 5.77. The molecule has 2 rings (SSSR count). The maximum atomic E-state index is 12.5. The average molecular weight is 296 g/mol. The fourth-order valence-corrected chi connectivity index (χ4v) is 4.13. The minimum Gasteiger partial charge on any atom is -0.326 e. The summed E-state index contributed by atoms with van der Waals surface area (Å²) >= 11 is 0. The Morgan fingerprint density at radius 1 is 1.35 bits per heavy atom. The molecule has 1 aromatic rings. The second-order valence-electron chi connectivity index (χ2n) is 5.99. The second kappa shape index (κ2) is 5.84. The molecule has 0 atom stereocenters. The van der Waals surface area contributed by atoms with E-state index in [1.165, 1.54) is 6.42 Å². The van der Waals surface area contributed by atoms with Crippen molar-refractivity contribution in [2.45, 2.75) is 51.0 Å². The van der Waals surface area contributed by atoms with Crippen LogP contribution >= 0.6 is 0 Å². The van der Waals surface area contributed by atoms with Crippen molar-refractivity contribution in [2.24, 2.45) is 11.1 Å². The fraction of sp³-hybridized carbons (Fsp3) is 0.600. The molecule has 0 amide bonds. The van der Waals surface area contributed by atoms with E-state index < -0.39 is 10.0 Å². The molecule has 5 heteroatoms. The van der Waals surface area contributed by atoms with Gasteiger partial charge in [0.1, 0.15) is 0 Å². The highest BCUT2D eigenvalue weighted by Crippen LogP contribution is 2.39. The summed E-state index contributed by atoms with van der Waals surface area (Å²) in [5, 5.41) is 0. The highest BCUT2D eigenvalue weighted by molar-refractivity contribution is 7.89. The summed E-state index contributed by atoms with van der Waals surface area (Å²) in [6.07, 6.45) is 4.08. The summed E-state index contributed by atoms with van der Waals surface area (Å²) in [5.41, 5.74) is 7.43. The number of nitrogens with one attached hydrogen (secondary N) is 1. The smallest absolute Gasteiger partial charge is 0.240 e. The van der Waals surface area contributed by atoms with Crippen LogP contribution in [0.25, 0.3) is 0 Å². The van der Waals surface area contributed by atoms with Crippen molar-refractivity contribution in [2.75, 3.05) is 6.54 Å². The van der Waals surface area contributed by atoms with E-state index >= 15 is 0 Å². The van der Waals surface area contributed by atoms with Crippen LogP contribution in [-0.2, 0) is 23.0 Å². The molecule has 4 nitrogen and oxygen atoms in total. The molecular formula is C15H24N2O2S. The van der Waals surface area contributed by atoms with Gasteiger partial charge in [0.05, 0.1) is 4.90 Å². The van der Waals surface area contributed by atoms with Gasteiger partial charge >= 0.3 is 0 Å². The van der Waals surface area contributed by atoms with Crippen LogP contribution in [0.4, 0.5) is 0 Å². The van der Waals surface area contributed by atoms with Gasteiger partial charge in [-0.15, -0.1) is 0 Å². The maximum absolute atomic E-state index is 12.5. The van der Waals surface area contributed by atoms with E-state index in [0.29, 0.717) is 24.4 Å². The van der Waals surface area contributed by atoms with Crippen LogP contribution in [0.2, 0.25) is 0 Å². The Balaban J connectivity index is 2.23. The first kappa shape index (κ1) is 15.5. The molecular weight excluding hydrogens is 272 g/mol. The molecule has 0 saturated heterocycles. The molecule has 20 heavy (non-hydrogen) atoms. The first-order valence-corrected chi connectivity index (χ1v) is 8.70. The lowest BCUT2D eigenvalue weighted by Crippen LogP contribution is -2.40. The zero-order valence-corrected chi connectivity index (χ0v) is 13.1. The summed E-state index contributed by atoms with van der Waals surface area (Å²) < 4.78 is 27.8. The summed E-state index contributed by atoms with van der Waals surface area (Å²) in [7, 11) is -3.45. The Morgan fingerprint density at radius 2 is 2.05 bits per heavy atom. The van der Waals surface area contributed by atoms with Crippen molar-refractivity contribution in [3.05, 3.63) is 29.3 Å². The molecule has 1 aliphatic rings. The summed E-state index contributed by atoms with van der Waals surface area (Å²) in [5.74, 6) is 0. The average Bonchev–Trinajstić information content (AvgIpc) is 2.42. The van der Waals surface area contributed by atoms with Crippen molar-refractivity contribution in [3.8, 4) is 0 Å². The molecule has 0 bridgehead atoms. The first-order valence-electron chi connectivity index (χ1n) is 7.22. The lowest BCUT2D eigenvalue weighted by atomic mass is 9.71. The van der Waals surface area contributed by atoms with Crippen molar-refractivity contribution in [1.82, 2.24) is 4.72 Å². The van der Waals surface area contributed by atoms with E-state index in [9.17, 15) is 8.42 Å². The normalized spacial score (nSPS) is 17.8. The Morgan fingerprint density at radius 3 is 2.55 bits per heavy atom. The number of sulfonamides is 1. The highest BCUT2D eigenvalue weighted by atomic mass is 32.2. The summed E-state index contributed by atoms with van der Waals surface area (Å²) in [6.45, 7) is 4.97. The standard InChI is InChI=1S/C15H24N2O2S/c1-3-13-6-5-12(10-16)9-14(13)20(18,19)17-11-15(2)7-4-8-15/h5-6,9,17H,3-4,7-8,10-11,16H2,1-2H3. The highest BCUT2D eigenvalue weighted by Gasteiger charge is 2.33. The number of rotatable bonds is 6. The van der Waals surface area contributed by atoms with E-state index in [2.05, 4.69) is 11.6 Å². The summed E-state index contributed by atoms with van der Waals surface area (Å²) in [6, 6.07) is 5.46. The molecule has 112 valence electrons. The Bertz CT molecular complexity index is 578. The van der Waals surface area contributed by atoms with Crippen LogP contribution < -0.4 is 10.5 Å². The van der Waals surface area contributed by atoms with Crippen LogP contribution in [0.1, 0.15) is 44.2 Å². The zero-order valence-electron chi connectivity index (χ0n) is 12.3. The molecule has 1 aliphatic carbocycles. The maximum Gasteiger partial charge on any atom is 0.240 e. The van der Waals surface area contributed by atoms with E-state index in [1.807, 2.05) is 19.1 Å². The van der Waals surface area contributed by atoms with Gasteiger partial charge in [0.2, 0.25) is 10.0 Å². The Hall–Kier alpha value is -0.910. The largest absolute Gasteiger partial charge is 0.326 e. The van der Waals surface area contributed by atoms with Crippen LogP contribution in [0.5, 0.6) is 0 Å². The first-order chi connectivity index (χ1) is 9.40. The molecule has 0 radical (unpaired) electrons. The van der Waals surface area contributed by atoms with Gasteiger partial charge in [-0.25, -0.2) is 13.1 Å². The van der Waals surface area contributed by atoms with Gasteiger partial charge in [-0.2, -0.15) is 0 Å². The minimum atomic E-state index is -3.45. The van der Waals surface area contributed by atoms with Crippen LogP contribution in [0.3, 0.4) is 0 Å². The molecule has 0 spiro atoms. The van der Waals surface area contributed by atoms with Gasteiger partial charge in [-0.3, -0.25) is 0 Å². The van der Waals surface area contributed by atoms with Crippen molar-refractivity contribution in [3.63, 3.8) is 0 Å². The van der Waals surface area contributed by atoms with Crippen LogP contribution in [0, 0.1) is 5.41 Å². The van der Waals surface area contributed by atoms with Crippen LogP contribution in [-0.4, -0.2) is 15.0 Å².